The van der Waals surface area contributed by atoms with Gasteiger partial charge in [0.1, 0.15) is 0 Å². The SMILES string of the molecule is CC(C)OC(=O)N1CCCc2cc(C(=O)O)ccc21. The molecule has 1 amide bonds. The number of aromatic carboxylic acids is 1. The zero-order valence-electron chi connectivity index (χ0n) is 11.0. The van der Waals surface area contributed by atoms with Crippen LogP contribution in [0.3, 0.4) is 0 Å². The van der Waals surface area contributed by atoms with Gasteiger partial charge in [-0.25, -0.2) is 9.59 Å². The number of rotatable bonds is 2. The molecule has 0 aromatic heterocycles. The van der Waals surface area contributed by atoms with Crippen LogP contribution < -0.4 is 4.90 Å². The molecule has 5 heteroatoms. The molecular formula is C14H17NO4. The van der Waals surface area contributed by atoms with E-state index in [9.17, 15) is 9.59 Å². The molecule has 1 aliphatic heterocycles. The molecular weight excluding hydrogens is 246 g/mol. The van der Waals surface area contributed by atoms with Crippen molar-refractivity contribution >= 4 is 17.7 Å². The summed E-state index contributed by atoms with van der Waals surface area (Å²) in [5, 5.41) is 8.98. The normalized spacial score (nSPS) is 14.2. The second kappa shape index (κ2) is 5.30. The quantitative estimate of drug-likeness (QED) is 0.890. The summed E-state index contributed by atoms with van der Waals surface area (Å²) >= 11 is 0. The van der Waals surface area contributed by atoms with E-state index < -0.39 is 5.97 Å². The molecule has 0 radical (unpaired) electrons. The molecule has 0 atom stereocenters. The Hall–Kier alpha value is -2.04. The topological polar surface area (TPSA) is 66.8 Å². The Morgan fingerprint density at radius 1 is 1.37 bits per heavy atom. The van der Waals surface area contributed by atoms with Crippen molar-refractivity contribution in [3.8, 4) is 0 Å². The predicted molar refractivity (Wildman–Crippen MR) is 70.7 cm³/mol. The highest BCUT2D eigenvalue weighted by atomic mass is 16.6. The number of carboxylic acid groups (broad SMARTS) is 1. The van der Waals surface area contributed by atoms with Crippen LogP contribution in [0.4, 0.5) is 10.5 Å². The minimum atomic E-state index is -0.954. The van der Waals surface area contributed by atoms with E-state index in [2.05, 4.69) is 0 Å². The summed E-state index contributed by atoms with van der Waals surface area (Å²) in [7, 11) is 0. The fourth-order valence-corrected chi connectivity index (χ4v) is 2.19. The van der Waals surface area contributed by atoms with Gasteiger partial charge < -0.3 is 9.84 Å². The van der Waals surface area contributed by atoms with E-state index in [-0.39, 0.29) is 17.8 Å². The van der Waals surface area contributed by atoms with E-state index in [1.807, 2.05) is 0 Å². The van der Waals surface area contributed by atoms with Gasteiger partial charge in [0, 0.05) is 6.54 Å². The summed E-state index contributed by atoms with van der Waals surface area (Å²) < 4.78 is 5.19. The number of carbonyl (C=O) groups is 2. The van der Waals surface area contributed by atoms with Gasteiger partial charge in [0.15, 0.2) is 0 Å². The lowest BCUT2D eigenvalue weighted by Crippen LogP contribution is -2.37. The van der Waals surface area contributed by atoms with Gasteiger partial charge in [0.05, 0.1) is 17.4 Å². The summed E-state index contributed by atoms with van der Waals surface area (Å²) in [6, 6.07) is 4.83. The van der Waals surface area contributed by atoms with E-state index >= 15 is 0 Å². The average Bonchev–Trinajstić information content (AvgIpc) is 2.36. The number of carboxylic acids is 1. The van der Waals surface area contributed by atoms with Gasteiger partial charge in [-0.15, -0.1) is 0 Å². The third kappa shape index (κ3) is 2.86. The van der Waals surface area contributed by atoms with Crippen LogP contribution in [0, 0.1) is 0 Å². The minimum absolute atomic E-state index is 0.170. The smallest absolute Gasteiger partial charge is 0.414 e. The first-order chi connectivity index (χ1) is 8.99. The summed E-state index contributed by atoms with van der Waals surface area (Å²) in [5.41, 5.74) is 1.88. The number of nitrogens with zero attached hydrogens (tertiary/aromatic N) is 1. The van der Waals surface area contributed by atoms with Crippen molar-refractivity contribution in [1.29, 1.82) is 0 Å². The Kier molecular flexibility index (Phi) is 3.74. The maximum absolute atomic E-state index is 12.0. The van der Waals surface area contributed by atoms with Crippen LogP contribution in [-0.4, -0.2) is 29.8 Å². The largest absolute Gasteiger partial charge is 0.478 e. The van der Waals surface area contributed by atoms with Crippen molar-refractivity contribution in [3.63, 3.8) is 0 Å². The molecule has 0 fully saturated rings. The molecule has 1 aromatic carbocycles. The molecule has 102 valence electrons. The summed E-state index contributed by atoms with van der Waals surface area (Å²) in [4.78, 5) is 24.5. The highest BCUT2D eigenvalue weighted by Crippen LogP contribution is 2.28. The van der Waals surface area contributed by atoms with E-state index in [1.54, 1.807) is 30.9 Å². The Morgan fingerprint density at radius 3 is 2.74 bits per heavy atom. The van der Waals surface area contributed by atoms with Gasteiger partial charge >= 0.3 is 12.1 Å². The lowest BCUT2D eigenvalue weighted by atomic mass is 9.99. The highest BCUT2D eigenvalue weighted by Gasteiger charge is 2.25. The summed E-state index contributed by atoms with van der Waals surface area (Å²) in [6.45, 7) is 4.21. The molecule has 1 aliphatic rings. The van der Waals surface area contributed by atoms with E-state index in [0.717, 1.165) is 24.1 Å². The van der Waals surface area contributed by atoms with Gasteiger partial charge in [-0.3, -0.25) is 4.90 Å². The van der Waals surface area contributed by atoms with Gasteiger partial charge in [-0.05, 0) is 50.5 Å². The summed E-state index contributed by atoms with van der Waals surface area (Å²) in [6.07, 6.45) is 1.04. The van der Waals surface area contributed by atoms with Crippen LogP contribution in [0.5, 0.6) is 0 Å². The monoisotopic (exact) mass is 263 g/mol. The molecule has 1 aromatic rings. The van der Waals surface area contributed by atoms with E-state index in [4.69, 9.17) is 9.84 Å². The maximum Gasteiger partial charge on any atom is 0.414 e. The van der Waals surface area contributed by atoms with Crippen LogP contribution in [0.2, 0.25) is 0 Å². The fraction of sp³-hybridized carbons (Fsp3) is 0.429. The molecule has 0 saturated carbocycles. The van der Waals surface area contributed by atoms with Gasteiger partial charge in [-0.2, -0.15) is 0 Å². The van der Waals surface area contributed by atoms with Crippen LogP contribution in [-0.2, 0) is 11.2 Å². The number of amides is 1. The minimum Gasteiger partial charge on any atom is -0.478 e. The molecule has 0 spiro atoms. The summed E-state index contributed by atoms with van der Waals surface area (Å²) in [5.74, 6) is -0.954. The molecule has 2 rings (SSSR count). The third-order valence-corrected chi connectivity index (χ3v) is 3.00. The molecule has 0 saturated heterocycles. The fourth-order valence-electron chi connectivity index (χ4n) is 2.19. The van der Waals surface area contributed by atoms with Gasteiger partial charge in [-0.1, -0.05) is 0 Å². The standard InChI is InChI=1S/C14H17NO4/c1-9(2)19-14(18)15-7-3-4-10-8-11(13(16)17)5-6-12(10)15/h5-6,8-9H,3-4,7H2,1-2H3,(H,16,17). The number of aryl methyl sites for hydroxylation is 1. The zero-order chi connectivity index (χ0) is 14.0. The van der Waals surface area contributed by atoms with E-state index in [0.29, 0.717) is 6.54 Å². The van der Waals surface area contributed by atoms with Crippen LogP contribution in [0.15, 0.2) is 18.2 Å². The van der Waals surface area contributed by atoms with Crippen LogP contribution in [0.1, 0.15) is 36.2 Å². The van der Waals surface area contributed by atoms with Crippen LogP contribution in [0.25, 0.3) is 0 Å². The van der Waals surface area contributed by atoms with Crippen molar-refractivity contribution in [3.05, 3.63) is 29.3 Å². The predicted octanol–water partition coefficient (Wildman–Crippen LogP) is 2.68. The first kappa shape index (κ1) is 13.4. The first-order valence-corrected chi connectivity index (χ1v) is 6.33. The lowest BCUT2D eigenvalue weighted by molar-refractivity contribution is 0.0696. The average molecular weight is 263 g/mol. The van der Waals surface area contributed by atoms with Crippen molar-refractivity contribution in [2.75, 3.05) is 11.4 Å². The molecule has 0 bridgehead atoms. The van der Waals surface area contributed by atoms with Crippen LogP contribution >= 0.6 is 0 Å². The Balaban J connectivity index is 2.29. The lowest BCUT2D eigenvalue weighted by Gasteiger charge is -2.29. The molecule has 1 heterocycles. The second-order valence-electron chi connectivity index (χ2n) is 4.84. The van der Waals surface area contributed by atoms with Gasteiger partial charge in [0.25, 0.3) is 0 Å². The molecule has 5 nitrogen and oxygen atoms in total. The maximum atomic E-state index is 12.0. The number of ether oxygens (including phenoxy) is 1. The highest BCUT2D eigenvalue weighted by molar-refractivity contribution is 5.92. The number of carbonyl (C=O) groups excluding carboxylic acids is 1. The molecule has 0 unspecified atom stereocenters. The molecule has 0 aliphatic carbocycles. The second-order valence-corrected chi connectivity index (χ2v) is 4.84. The number of hydrogen-bond acceptors (Lipinski definition) is 3. The Morgan fingerprint density at radius 2 is 2.11 bits per heavy atom. The number of anilines is 1. The molecule has 19 heavy (non-hydrogen) atoms. The Bertz CT molecular complexity index is 510. The Labute approximate surface area is 111 Å². The van der Waals surface area contributed by atoms with Crippen molar-refractivity contribution in [1.82, 2.24) is 0 Å². The third-order valence-electron chi connectivity index (χ3n) is 3.00. The number of hydrogen-bond donors (Lipinski definition) is 1. The van der Waals surface area contributed by atoms with Crippen molar-refractivity contribution in [2.45, 2.75) is 32.8 Å². The zero-order valence-corrected chi connectivity index (χ0v) is 11.0. The van der Waals surface area contributed by atoms with Crippen molar-refractivity contribution < 1.29 is 19.4 Å². The van der Waals surface area contributed by atoms with Crippen molar-refractivity contribution in [2.24, 2.45) is 0 Å². The van der Waals surface area contributed by atoms with Gasteiger partial charge in [0.2, 0.25) is 0 Å². The van der Waals surface area contributed by atoms with E-state index in [1.165, 1.54) is 6.07 Å². The number of benzene rings is 1. The number of fused-ring (bicyclic) bond motifs is 1. The first-order valence-electron chi connectivity index (χ1n) is 6.33. The molecule has 1 N–H and O–H groups in total.